The number of carbonyl (C=O) groups is 2. The Labute approximate surface area is 437 Å². The predicted octanol–water partition coefficient (Wildman–Crippen LogP) is 7.92. The highest BCUT2D eigenvalue weighted by molar-refractivity contribution is 7.89. The summed E-state index contributed by atoms with van der Waals surface area (Å²) in [7, 11) is -7.41. The highest BCUT2D eigenvalue weighted by atomic mass is 32.2. The molecule has 2 saturated heterocycles. The Hall–Kier alpha value is -7.37. The number of nitrogens with one attached hydrogen (secondary N) is 2. The molecule has 2 N–H and O–H groups in total. The number of nitriles is 1. The lowest BCUT2D eigenvalue weighted by Crippen LogP contribution is -2.48. The lowest BCUT2D eigenvalue weighted by Gasteiger charge is -2.42. The molecule has 19 heteroatoms. The second-order valence-electron chi connectivity index (χ2n) is 19.0. The van der Waals surface area contributed by atoms with Crippen molar-refractivity contribution in [1.82, 2.24) is 17.7 Å². The zero-order valence-corrected chi connectivity index (χ0v) is 43.8. The average molecular weight is 1060 g/mol. The molecule has 6 heterocycles. The molecular weight excluding hydrogens is 995 g/mol. The van der Waals surface area contributed by atoms with Crippen molar-refractivity contribution in [2.24, 2.45) is 11.8 Å². The fourth-order valence-corrected chi connectivity index (χ4v) is 13.2. The summed E-state index contributed by atoms with van der Waals surface area (Å²) in [5.74, 6) is 1.04. The van der Waals surface area contributed by atoms with Crippen molar-refractivity contribution >= 4 is 43.2 Å². The molecule has 4 aliphatic rings. The number of nitrogens with zero attached hydrogens (tertiary/aromatic N) is 5. The van der Waals surface area contributed by atoms with Crippen LogP contribution >= 0.6 is 0 Å². The van der Waals surface area contributed by atoms with Crippen molar-refractivity contribution < 1.29 is 35.9 Å². The van der Waals surface area contributed by atoms with Crippen molar-refractivity contribution in [2.75, 3.05) is 50.0 Å². The van der Waals surface area contributed by atoms with Gasteiger partial charge in [-0.25, -0.2) is 16.8 Å². The number of hydrogen-bond acceptors (Lipinski definition) is 11. The van der Waals surface area contributed by atoms with Crippen LogP contribution in [-0.4, -0.2) is 85.8 Å². The summed E-state index contributed by atoms with van der Waals surface area (Å²) in [4.78, 5) is 50.1. The third-order valence-electron chi connectivity index (χ3n) is 13.6. The van der Waals surface area contributed by atoms with E-state index in [4.69, 9.17) is 14.7 Å². The minimum absolute atomic E-state index is 0.00139. The van der Waals surface area contributed by atoms with Gasteiger partial charge in [-0.2, -0.15) is 13.9 Å². The molecule has 4 aromatic carbocycles. The molecule has 4 aliphatic heterocycles. The van der Waals surface area contributed by atoms with E-state index < -0.39 is 20.0 Å². The Morgan fingerprint density at radius 3 is 1.25 bits per heavy atom. The SMILES string of the molecule is CC#N.CCCOc1ccc(C(=O)Nc2ccc(S(=O)(=O)N3CC4CC(C3)c3cccc(=O)n3C4)cc2)cc1.CCCOc1ccc(C(=O)Nc2ccc(S(=O)(=O)N3CC4CC(C3)c3cccc(=O)n3C4)cc2)cc1. The van der Waals surface area contributed by atoms with Gasteiger partial charge >= 0.3 is 0 Å². The molecule has 392 valence electrons. The molecule has 0 spiro atoms. The van der Waals surface area contributed by atoms with Crippen LogP contribution in [0.3, 0.4) is 0 Å². The van der Waals surface area contributed by atoms with E-state index in [9.17, 15) is 36.0 Å². The summed E-state index contributed by atoms with van der Waals surface area (Å²) in [6, 6.07) is 38.4. The fraction of sp³-hybridized carbons (Fsp3) is 0.339. The number of pyridine rings is 2. The van der Waals surface area contributed by atoms with Crippen LogP contribution in [0.1, 0.15) is 90.4 Å². The first-order valence-electron chi connectivity index (χ1n) is 25.1. The summed E-state index contributed by atoms with van der Waals surface area (Å²) < 4.78 is 71.4. The maximum atomic E-state index is 13.4. The molecule has 0 radical (unpaired) electrons. The molecule has 4 atom stereocenters. The number of fused-ring (bicyclic) bond motifs is 8. The van der Waals surface area contributed by atoms with Gasteiger partial charge in [0, 0.05) is 104 Å². The van der Waals surface area contributed by atoms with E-state index in [1.165, 1.54) is 39.8 Å². The zero-order chi connectivity index (χ0) is 53.3. The zero-order valence-electron chi connectivity index (χ0n) is 42.1. The smallest absolute Gasteiger partial charge is 0.255 e. The van der Waals surface area contributed by atoms with Crippen LogP contribution in [0.15, 0.2) is 153 Å². The molecule has 75 heavy (non-hydrogen) atoms. The molecule has 2 fully saturated rings. The van der Waals surface area contributed by atoms with Gasteiger partial charge in [0.25, 0.3) is 22.9 Å². The van der Waals surface area contributed by atoms with Gasteiger partial charge in [0.05, 0.1) is 29.1 Å². The molecule has 2 amide bonds. The summed E-state index contributed by atoms with van der Waals surface area (Å²) in [5, 5.41) is 12.9. The van der Waals surface area contributed by atoms with Crippen LogP contribution in [0, 0.1) is 23.2 Å². The van der Waals surface area contributed by atoms with E-state index in [1.54, 1.807) is 112 Å². The molecule has 6 aromatic rings. The summed E-state index contributed by atoms with van der Waals surface area (Å²) in [6.45, 7) is 9.25. The summed E-state index contributed by atoms with van der Waals surface area (Å²) >= 11 is 0. The summed E-state index contributed by atoms with van der Waals surface area (Å²) in [5.41, 5.74) is 3.73. The fourth-order valence-electron chi connectivity index (χ4n) is 10.1. The quantitative estimate of drug-likeness (QED) is 0.107. The van der Waals surface area contributed by atoms with Gasteiger partial charge in [-0.3, -0.25) is 19.2 Å². The second-order valence-corrected chi connectivity index (χ2v) is 22.8. The highest BCUT2D eigenvalue weighted by Crippen LogP contribution is 2.39. The van der Waals surface area contributed by atoms with Crippen molar-refractivity contribution in [2.45, 2.75) is 81.2 Å². The van der Waals surface area contributed by atoms with Crippen molar-refractivity contribution in [1.29, 1.82) is 5.26 Å². The number of piperidine rings is 2. The topological polar surface area (TPSA) is 219 Å². The van der Waals surface area contributed by atoms with Crippen molar-refractivity contribution in [3.8, 4) is 17.6 Å². The number of aromatic nitrogens is 2. The number of benzene rings is 4. The first-order chi connectivity index (χ1) is 36.1. The van der Waals surface area contributed by atoms with Crippen LogP contribution in [0.4, 0.5) is 11.4 Å². The normalized spacial score (nSPS) is 18.7. The summed E-state index contributed by atoms with van der Waals surface area (Å²) in [6.07, 6.45) is 3.57. The Morgan fingerprint density at radius 1 is 0.547 bits per heavy atom. The molecule has 2 aromatic heterocycles. The minimum Gasteiger partial charge on any atom is -0.494 e. The van der Waals surface area contributed by atoms with E-state index in [0.29, 0.717) is 86.5 Å². The predicted molar refractivity (Wildman–Crippen MR) is 285 cm³/mol. The number of carbonyl (C=O) groups excluding carboxylic acids is 2. The third kappa shape index (κ3) is 12.6. The molecular formula is C56H61N7O10S2. The number of sulfonamides is 2. The average Bonchev–Trinajstić information content (AvgIpc) is 3.41. The monoisotopic (exact) mass is 1060 g/mol. The molecule has 4 bridgehead atoms. The van der Waals surface area contributed by atoms with Crippen LogP contribution in [-0.2, 0) is 33.1 Å². The lowest BCUT2D eigenvalue weighted by molar-refractivity contribution is 0.101. The highest BCUT2D eigenvalue weighted by Gasteiger charge is 2.41. The third-order valence-corrected chi connectivity index (χ3v) is 17.3. The van der Waals surface area contributed by atoms with Crippen LogP contribution in [0.2, 0.25) is 0 Å². The second kappa shape index (κ2) is 23.9. The Bertz CT molecular complexity index is 3160. The maximum Gasteiger partial charge on any atom is 0.255 e. The Kier molecular flexibility index (Phi) is 17.2. The molecule has 10 rings (SSSR count). The van der Waals surface area contributed by atoms with Crippen LogP contribution in [0.5, 0.6) is 11.5 Å². The minimum atomic E-state index is -3.71. The number of amides is 2. The van der Waals surface area contributed by atoms with Crippen LogP contribution in [0.25, 0.3) is 0 Å². The van der Waals surface area contributed by atoms with E-state index in [-0.39, 0.29) is 56.4 Å². The molecule has 0 saturated carbocycles. The van der Waals surface area contributed by atoms with Gasteiger partial charge in [-0.15, -0.1) is 0 Å². The number of ether oxygens (including phenoxy) is 2. The molecule has 0 aliphatic carbocycles. The van der Waals surface area contributed by atoms with Crippen molar-refractivity contribution in [3.63, 3.8) is 0 Å². The first kappa shape index (κ1) is 53.9. The lowest BCUT2D eigenvalue weighted by atomic mass is 9.84. The van der Waals surface area contributed by atoms with Gasteiger partial charge in [0.15, 0.2) is 0 Å². The number of rotatable bonds is 14. The van der Waals surface area contributed by atoms with Gasteiger partial charge < -0.3 is 29.2 Å². The standard InChI is InChI=1S/2C27H29N3O5S.C2H3N/c2*1-2-14-35-23-10-6-20(7-11-23)27(32)28-22-8-12-24(13-9-22)36(33,34)29-16-19-15-21(18-29)25-4-3-5-26(31)30(25)17-19;1-2-3/h2*3-13,19,21H,2,14-18H2,1H3,(H,28,32);1H3. The molecule has 17 nitrogen and oxygen atoms in total. The van der Waals surface area contributed by atoms with Gasteiger partial charge in [-0.1, -0.05) is 26.0 Å². The maximum absolute atomic E-state index is 13.4. The van der Waals surface area contributed by atoms with E-state index in [1.807, 2.05) is 26.0 Å². The number of hydrogen-bond donors (Lipinski definition) is 2. The van der Waals surface area contributed by atoms with E-state index in [0.717, 1.165) is 37.1 Å². The first-order valence-corrected chi connectivity index (χ1v) is 28.0. The largest absolute Gasteiger partial charge is 0.494 e. The van der Waals surface area contributed by atoms with E-state index >= 15 is 0 Å². The van der Waals surface area contributed by atoms with Gasteiger partial charge in [0.1, 0.15) is 11.5 Å². The Morgan fingerprint density at radius 2 is 0.907 bits per heavy atom. The number of anilines is 2. The molecule has 4 unspecified atom stereocenters. The van der Waals surface area contributed by atoms with Gasteiger partial charge in [-0.05, 0) is 147 Å². The van der Waals surface area contributed by atoms with Crippen LogP contribution < -0.4 is 31.2 Å². The van der Waals surface area contributed by atoms with Crippen molar-refractivity contribution in [3.05, 3.63) is 177 Å². The Balaban J connectivity index is 0.000000189. The van der Waals surface area contributed by atoms with Gasteiger partial charge in [0.2, 0.25) is 20.0 Å². The van der Waals surface area contributed by atoms with E-state index in [2.05, 4.69) is 10.6 Å².